The van der Waals surface area contributed by atoms with Gasteiger partial charge in [-0.2, -0.15) is 0 Å². The van der Waals surface area contributed by atoms with Crippen molar-refractivity contribution in [2.24, 2.45) is 0 Å². The number of nitrogens with zero attached hydrogens (tertiary/aromatic N) is 2. The second-order valence-electron chi connectivity index (χ2n) is 7.63. The highest BCUT2D eigenvalue weighted by Crippen LogP contribution is 2.34. The van der Waals surface area contributed by atoms with Crippen LogP contribution in [0, 0.1) is 0 Å². The zero-order chi connectivity index (χ0) is 20.8. The van der Waals surface area contributed by atoms with E-state index in [-0.39, 0.29) is 0 Å². The Balaban J connectivity index is 1.52. The molecule has 0 N–H and O–H groups in total. The average Bonchev–Trinajstić information content (AvgIpc) is 2.84. The predicted molar refractivity (Wildman–Crippen MR) is 130 cm³/mol. The molecule has 0 atom stereocenters. The molecule has 0 aliphatic heterocycles. The molecule has 0 radical (unpaired) electrons. The van der Waals surface area contributed by atoms with Crippen molar-refractivity contribution >= 4 is 44.2 Å². The lowest BCUT2D eigenvalue weighted by Crippen LogP contribution is -1.92. The molecule has 2 nitrogen and oxygen atoms in total. The van der Waals surface area contributed by atoms with Crippen molar-refractivity contribution < 1.29 is 0 Å². The molecule has 5 aromatic carbocycles. The molecule has 0 aliphatic rings. The normalized spacial score (nSPS) is 11.4. The van der Waals surface area contributed by atoms with E-state index in [2.05, 4.69) is 72.8 Å². The molecule has 0 spiro atoms. The quantitative estimate of drug-likeness (QED) is 0.268. The lowest BCUT2D eigenvalue weighted by molar-refractivity contribution is 1.31. The smallest absolute Gasteiger partial charge is 0.0979 e. The van der Waals surface area contributed by atoms with E-state index in [1.54, 1.807) is 0 Å². The second kappa shape index (κ2) is 7.19. The second-order valence-corrected chi connectivity index (χ2v) is 8.06. The van der Waals surface area contributed by atoms with Gasteiger partial charge in [0.05, 0.1) is 22.9 Å². The highest BCUT2D eigenvalue weighted by molar-refractivity contribution is 6.30. The maximum atomic E-state index is 6.01. The summed E-state index contributed by atoms with van der Waals surface area (Å²) in [5, 5.41) is 5.42. The van der Waals surface area contributed by atoms with Crippen molar-refractivity contribution in [1.29, 1.82) is 0 Å². The first-order valence-corrected chi connectivity index (χ1v) is 10.6. The molecular weight excluding hydrogens is 400 g/mol. The molecule has 0 saturated carbocycles. The van der Waals surface area contributed by atoms with Crippen LogP contribution in [0.2, 0.25) is 5.02 Å². The summed E-state index contributed by atoms with van der Waals surface area (Å²) in [5.74, 6) is 0. The van der Waals surface area contributed by atoms with E-state index < -0.39 is 0 Å². The molecule has 0 fully saturated rings. The third-order valence-corrected chi connectivity index (χ3v) is 6.04. The molecule has 1 heterocycles. The van der Waals surface area contributed by atoms with Crippen molar-refractivity contribution in [3.8, 4) is 22.4 Å². The van der Waals surface area contributed by atoms with Crippen LogP contribution in [-0.2, 0) is 0 Å². The molecule has 0 bridgehead atoms. The summed E-state index contributed by atoms with van der Waals surface area (Å²) in [7, 11) is 0. The van der Waals surface area contributed by atoms with Crippen LogP contribution in [0.3, 0.4) is 0 Å². The number of hydrogen-bond donors (Lipinski definition) is 0. The first-order valence-electron chi connectivity index (χ1n) is 10.2. The number of aromatic nitrogens is 2. The summed E-state index contributed by atoms with van der Waals surface area (Å²) in [4.78, 5) is 9.91. The van der Waals surface area contributed by atoms with Crippen LogP contribution in [0.4, 0.5) is 0 Å². The predicted octanol–water partition coefficient (Wildman–Crippen LogP) is 7.92. The molecule has 3 heteroatoms. The molecule has 0 saturated heterocycles. The van der Waals surface area contributed by atoms with Crippen LogP contribution >= 0.6 is 11.6 Å². The van der Waals surface area contributed by atoms with Crippen LogP contribution < -0.4 is 0 Å². The van der Waals surface area contributed by atoms with E-state index in [4.69, 9.17) is 21.6 Å². The Morgan fingerprint density at radius 1 is 0.484 bits per heavy atom. The van der Waals surface area contributed by atoms with E-state index in [9.17, 15) is 0 Å². The molecule has 0 amide bonds. The Morgan fingerprint density at radius 3 is 1.58 bits per heavy atom. The van der Waals surface area contributed by atoms with Gasteiger partial charge in [0.1, 0.15) is 0 Å². The lowest BCUT2D eigenvalue weighted by atomic mass is 9.99. The van der Waals surface area contributed by atoms with Crippen molar-refractivity contribution in [3.05, 3.63) is 108 Å². The summed E-state index contributed by atoms with van der Waals surface area (Å²) >= 11 is 6.01. The van der Waals surface area contributed by atoms with Gasteiger partial charge in [0.2, 0.25) is 0 Å². The SMILES string of the molecule is Clc1ccc(-c2ccc(-c3cnc4c5ccccc5c5ccccc5c4n3)cc2)cc1. The van der Waals surface area contributed by atoms with Crippen LogP contribution in [0.1, 0.15) is 0 Å². The van der Waals surface area contributed by atoms with Gasteiger partial charge in [0.15, 0.2) is 0 Å². The maximum absolute atomic E-state index is 6.01. The minimum absolute atomic E-state index is 0.742. The Kier molecular flexibility index (Phi) is 4.19. The highest BCUT2D eigenvalue weighted by Gasteiger charge is 2.12. The summed E-state index contributed by atoms with van der Waals surface area (Å²) < 4.78 is 0. The van der Waals surface area contributed by atoms with Gasteiger partial charge in [-0.3, -0.25) is 4.98 Å². The molecule has 6 rings (SSSR count). The van der Waals surface area contributed by atoms with Gasteiger partial charge in [-0.05, 0) is 34.0 Å². The van der Waals surface area contributed by atoms with Crippen molar-refractivity contribution in [3.63, 3.8) is 0 Å². The molecule has 1 aromatic heterocycles. The van der Waals surface area contributed by atoms with Gasteiger partial charge in [-0.15, -0.1) is 0 Å². The summed E-state index contributed by atoms with van der Waals surface area (Å²) in [6, 6.07) is 33.2. The fraction of sp³-hybridized carbons (Fsp3) is 0. The standard InChI is InChI=1S/C28H17ClN2/c29-21-15-13-19(14-16-21)18-9-11-20(12-10-18)26-17-30-27-24-7-3-1-5-22(24)23-6-2-4-8-25(23)28(27)31-26/h1-17H. The van der Waals surface area contributed by atoms with Gasteiger partial charge in [-0.25, -0.2) is 4.98 Å². The first kappa shape index (κ1) is 18.1. The van der Waals surface area contributed by atoms with Gasteiger partial charge in [-0.1, -0.05) is 96.5 Å². The van der Waals surface area contributed by atoms with E-state index in [0.29, 0.717) is 0 Å². The van der Waals surface area contributed by atoms with Crippen molar-refractivity contribution in [2.75, 3.05) is 0 Å². The number of halogens is 1. The van der Waals surface area contributed by atoms with Crippen LogP contribution in [0.15, 0.2) is 103 Å². The third kappa shape index (κ3) is 3.04. The van der Waals surface area contributed by atoms with Gasteiger partial charge in [0.25, 0.3) is 0 Å². The van der Waals surface area contributed by atoms with Gasteiger partial charge < -0.3 is 0 Å². The topological polar surface area (TPSA) is 25.8 Å². The van der Waals surface area contributed by atoms with Gasteiger partial charge >= 0.3 is 0 Å². The van der Waals surface area contributed by atoms with E-state index in [1.165, 1.54) is 10.8 Å². The van der Waals surface area contributed by atoms with E-state index in [0.717, 1.165) is 49.2 Å². The van der Waals surface area contributed by atoms with Crippen molar-refractivity contribution in [2.45, 2.75) is 0 Å². The maximum Gasteiger partial charge on any atom is 0.0979 e. The van der Waals surface area contributed by atoms with Gasteiger partial charge in [0, 0.05) is 21.4 Å². The fourth-order valence-electron chi connectivity index (χ4n) is 4.24. The number of fused-ring (bicyclic) bond motifs is 6. The number of rotatable bonds is 2. The Hall–Kier alpha value is -3.75. The number of benzene rings is 5. The van der Waals surface area contributed by atoms with E-state index in [1.807, 2.05) is 30.5 Å². The van der Waals surface area contributed by atoms with Crippen LogP contribution in [0.25, 0.3) is 55.0 Å². The van der Waals surface area contributed by atoms with Crippen LogP contribution in [0.5, 0.6) is 0 Å². The molecule has 6 aromatic rings. The zero-order valence-corrected chi connectivity index (χ0v) is 17.3. The third-order valence-electron chi connectivity index (χ3n) is 5.79. The average molecular weight is 417 g/mol. The Bertz CT molecular complexity index is 1530. The fourth-order valence-corrected chi connectivity index (χ4v) is 4.36. The summed E-state index contributed by atoms with van der Waals surface area (Å²) in [6.07, 6.45) is 1.88. The minimum atomic E-state index is 0.742. The molecule has 31 heavy (non-hydrogen) atoms. The largest absolute Gasteiger partial charge is 0.252 e. The molecule has 146 valence electrons. The lowest BCUT2D eigenvalue weighted by Gasteiger charge is -2.10. The number of hydrogen-bond acceptors (Lipinski definition) is 2. The minimum Gasteiger partial charge on any atom is -0.252 e. The van der Waals surface area contributed by atoms with Crippen molar-refractivity contribution in [1.82, 2.24) is 9.97 Å². The van der Waals surface area contributed by atoms with Crippen LogP contribution in [-0.4, -0.2) is 9.97 Å². The molecular formula is C28H17ClN2. The Labute approximate surface area is 184 Å². The molecule has 0 unspecified atom stereocenters. The Morgan fingerprint density at radius 2 is 0.968 bits per heavy atom. The van der Waals surface area contributed by atoms with E-state index >= 15 is 0 Å². The summed E-state index contributed by atoms with van der Waals surface area (Å²) in [5.41, 5.74) is 6.08. The molecule has 0 aliphatic carbocycles. The highest BCUT2D eigenvalue weighted by atomic mass is 35.5. The zero-order valence-electron chi connectivity index (χ0n) is 16.6. The summed E-state index contributed by atoms with van der Waals surface area (Å²) in [6.45, 7) is 0. The monoisotopic (exact) mass is 416 g/mol. The first-order chi connectivity index (χ1) is 15.3.